The van der Waals surface area contributed by atoms with Crippen molar-refractivity contribution in [2.24, 2.45) is 0 Å². The zero-order valence-corrected chi connectivity index (χ0v) is 11.9. The summed E-state index contributed by atoms with van der Waals surface area (Å²) in [6.45, 7) is 10.1. The fourth-order valence-corrected chi connectivity index (χ4v) is 1.03. The summed E-state index contributed by atoms with van der Waals surface area (Å²) in [5.41, 5.74) is 0. The Kier molecular flexibility index (Phi) is 27.2. The van der Waals surface area contributed by atoms with Crippen molar-refractivity contribution in [1.82, 2.24) is 0 Å². The molecule has 0 fully saturated rings. The van der Waals surface area contributed by atoms with Gasteiger partial charge in [-0.2, -0.15) is 26.1 Å². The Bertz CT molecular complexity index is 90.3. The molecule has 0 aromatic rings. The second-order valence-corrected chi connectivity index (χ2v) is 4.30. The summed E-state index contributed by atoms with van der Waals surface area (Å²) in [7, 11) is 0. The molecule has 0 nitrogen and oxygen atoms in total. The maximum absolute atomic E-state index is 4.23. The average molecular weight is 236 g/mol. The predicted octanol–water partition coefficient (Wildman–Crippen LogP) is 4.97. The minimum atomic E-state index is 0. The molecule has 88 valence electrons. The van der Waals surface area contributed by atoms with E-state index in [0.29, 0.717) is 5.25 Å². The molecule has 0 amide bonds. The van der Waals surface area contributed by atoms with Crippen LogP contribution in [0.25, 0.3) is 0 Å². The van der Waals surface area contributed by atoms with Crippen LogP contribution in [0, 0.1) is 0 Å². The van der Waals surface area contributed by atoms with Gasteiger partial charge in [-0.3, -0.25) is 0 Å². The van der Waals surface area contributed by atoms with E-state index in [1.807, 2.05) is 6.08 Å². The molecule has 0 aromatic heterocycles. The van der Waals surface area contributed by atoms with Gasteiger partial charge in [0.05, 0.1) is 0 Å². The summed E-state index contributed by atoms with van der Waals surface area (Å²) in [5.74, 6) is 0. The molecule has 0 aliphatic carbocycles. The van der Waals surface area contributed by atoms with Gasteiger partial charge in [0.25, 0.3) is 0 Å². The molecule has 0 aliphatic heterocycles. The van der Waals surface area contributed by atoms with Crippen LogP contribution >= 0.6 is 26.1 Å². The van der Waals surface area contributed by atoms with Crippen molar-refractivity contribution in [3.63, 3.8) is 0 Å². The maximum atomic E-state index is 4.23. The highest BCUT2D eigenvalue weighted by atomic mass is 32.1. The van der Waals surface area contributed by atoms with Crippen LogP contribution in [-0.4, -0.2) is 5.25 Å². The minimum Gasteiger partial charge on any atom is -0.197 e. The van der Waals surface area contributed by atoms with Crippen molar-refractivity contribution in [3.05, 3.63) is 12.7 Å². The van der Waals surface area contributed by atoms with Gasteiger partial charge in [-0.25, -0.2) is 0 Å². The molecule has 0 radical (unpaired) electrons. The van der Waals surface area contributed by atoms with Crippen molar-refractivity contribution in [2.75, 3.05) is 0 Å². The van der Waals surface area contributed by atoms with Gasteiger partial charge in [0.2, 0.25) is 0 Å². The average Bonchev–Trinajstić information content (AvgIpc) is 2.12. The van der Waals surface area contributed by atoms with Gasteiger partial charge in [-0.1, -0.05) is 52.5 Å². The smallest absolute Gasteiger partial charge is 0.00116 e. The highest BCUT2D eigenvalue weighted by Gasteiger charge is 1.89. The van der Waals surface area contributed by atoms with E-state index in [1.165, 1.54) is 38.5 Å². The van der Waals surface area contributed by atoms with Crippen molar-refractivity contribution >= 4 is 26.1 Å². The predicted molar refractivity (Wildman–Crippen MR) is 78.1 cm³/mol. The van der Waals surface area contributed by atoms with Crippen molar-refractivity contribution < 1.29 is 0 Å². The van der Waals surface area contributed by atoms with Gasteiger partial charge in [0.15, 0.2) is 0 Å². The molecular weight excluding hydrogens is 208 g/mol. The van der Waals surface area contributed by atoms with Gasteiger partial charge in [-0.15, -0.1) is 6.58 Å². The van der Waals surface area contributed by atoms with Crippen molar-refractivity contribution in [1.29, 1.82) is 0 Å². The molecule has 0 spiro atoms. The molecule has 0 rings (SSSR count). The molecule has 14 heavy (non-hydrogen) atoms. The third-order valence-corrected chi connectivity index (χ3v) is 2.00. The first kappa shape index (κ1) is 19.9. The summed E-state index contributed by atoms with van der Waals surface area (Å²) in [6.07, 6.45) is 9.60. The number of thiol groups is 1. The standard InChI is InChI=1S/C6H14S.C6H12.H2S/c1-3-4-5-6(2)7;1-3-5-6-4-2;/h6-7H,3-5H2,1-2H3;3H,1,4-6H2,2H3;1H2. The lowest BCUT2D eigenvalue weighted by Crippen LogP contribution is -1.87. The fourth-order valence-electron chi connectivity index (χ4n) is 0.848. The Labute approximate surface area is 103 Å². The molecule has 2 heteroatoms. The molecule has 0 saturated heterocycles. The van der Waals surface area contributed by atoms with Crippen molar-refractivity contribution in [3.8, 4) is 0 Å². The summed E-state index contributed by atoms with van der Waals surface area (Å²) >= 11 is 4.23. The molecule has 0 saturated carbocycles. The van der Waals surface area contributed by atoms with Gasteiger partial charge >= 0.3 is 0 Å². The summed E-state index contributed by atoms with van der Waals surface area (Å²) in [6, 6.07) is 0. The Morgan fingerprint density at radius 2 is 1.71 bits per heavy atom. The van der Waals surface area contributed by atoms with Gasteiger partial charge in [0, 0.05) is 0 Å². The Morgan fingerprint density at radius 3 is 1.86 bits per heavy atom. The number of unbranched alkanes of at least 4 members (excludes halogenated alkanes) is 3. The van der Waals surface area contributed by atoms with Crippen LogP contribution < -0.4 is 0 Å². The third-order valence-electron chi connectivity index (χ3n) is 1.74. The number of hydrogen-bond acceptors (Lipinski definition) is 1. The minimum absolute atomic E-state index is 0. The maximum Gasteiger partial charge on any atom is -0.00116 e. The quantitative estimate of drug-likeness (QED) is 0.376. The lowest BCUT2D eigenvalue weighted by atomic mass is 10.2. The molecule has 1 unspecified atom stereocenters. The van der Waals surface area contributed by atoms with E-state index in [0.717, 1.165) is 0 Å². The lowest BCUT2D eigenvalue weighted by molar-refractivity contribution is 0.716. The van der Waals surface area contributed by atoms with Crippen LogP contribution in [0.2, 0.25) is 0 Å². The van der Waals surface area contributed by atoms with Crippen LogP contribution in [0.3, 0.4) is 0 Å². The number of hydrogen-bond donors (Lipinski definition) is 1. The first-order chi connectivity index (χ1) is 6.18. The van der Waals surface area contributed by atoms with E-state index in [2.05, 4.69) is 40.0 Å². The fraction of sp³-hybridized carbons (Fsp3) is 0.833. The molecule has 0 aromatic carbocycles. The van der Waals surface area contributed by atoms with E-state index in [1.54, 1.807) is 0 Å². The van der Waals surface area contributed by atoms with E-state index in [4.69, 9.17) is 0 Å². The molecule has 1 atom stereocenters. The second kappa shape index (κ2) is 19.1. The van der Waals surface area contributed by atoms with Crippen LogP contribution in [0.1, 0.15) is 59.3 Å². The summed E-state index contributed by atoms with van der Waals surface area (Å²) in [4.78, 5) is 0. The monoisotopic (exact) mass is 236 g/mol. The molecular formula is C12H28S2. The largest absolute Gasteiger partial charge is 0.197 e. The topological polar surface area (TPSA) is 0 Å². The van der Waals surface area contributed by atoms with Gasteiger partial charge in [-0.05, 0) is 18.1 Å². The van der Waals surface area contributed by atoms with E-state index in [9.17, 15) is 0 Å². The first-order valence-corrected chi connectivity index (χ1v) is 5.99. The van der Waals surface area contributed by atoms with Gasteiger partial charge in [0.1, 0.15) is 0 Å². The molecule has 0 N–H and O–H groups in total. The van der Waals surface area contributed by atoms with Crippen LogP contribution in [0.15, 0.2) is 12.7 Å². The number of allylic oxidation sites excluding steroid dienone is 1. The van der Waals surface area contributed by atoms with Crippen LogP contribution in [-0.2, 0) is 0 Å². The van der Waals surface area contributed by atoms with E-state index < -0.39 is 0 Å². The zero-order chi connectivity index (χ0) is 10.5. The molecule has 0 bridgehead atoms. The number of rotatable bonds is 6. The normalized spacial score (nSPS) is 10.6. The van der Waals surface area contributed by atoms with Gasteiger partial charge < -0.3 is 0 Å². The van der Waals surface area contributed by atoms with Crippen molar-refractivity contribution in [2.45, 2.75) is 64.5 Å². The Morgan fingerprint density at radius 1 is 1.21 bits per heavy atom. The second-order valence-electron chi connectivity index (χ2n) is 3.42. The Hall–Kier alpha value is 0.440. The first-order valence-electron chi connectivity index (χ1n) is 5.47. The van der Waals surface area contributed by atoms with Crippen LogP contribution in [0.5, 0.6) is 0 Å². The highest BCUT2D eigenvalue weighted by Crippen LogP contribution is 2.03. The van der Waals surface area contributed by atoms with E-state index >= 15 is 0 Å². The third kappa shape index (κ3) is 29.4. The molecule has 0 aliphatic rings. The Balaban J connectivity index is -0.000000163. The summed E-state index contributed by atoms with van der Waals surface area (Å²) in [5, 5.41) is 0.597. The lowest BCUT2D eigenvalue weighted by Gasteiger charge is -1.98. The zero-order valence-electron chi connectivity index (χ0n) is 10.1. The SMILES string of the molecule is C=CCCCC.CCCCC(C)S.S. The van der Waals surface area contributed by atoms with E-state index in [-0.39, 0.29) is 13.5 Å². The van der Waals surface area contributed by atoms with Crippen LogP contribution in [0.4, 0.5) is 0 Å². The molecule has 0 heterocycles. The summed E-state index contributed by atoms with van der Waals surface area (Å²) < 4.78 is 0. The highest BCUT2D eigenvalue weighted by molar-refractivity contribution is 7.80.